The van der Waals surface area contributed by atoms with Crippen LogP contribution < -0.4 is 10.6 Å². The van der Waals surface area contributed by atoms with E-state index in [4.69, 9.17) is 0 Å². The number of anilines is 2. The van der Waals surface area contributed by atoms with E-state index in [1.807, 2.05) is 20.2 Å². The monoisotopic (exact) mass is 289 g/mol. The maximum atomic E-state index is 4.66. The first kappa shape index (κ1) is 15.2. The molecule has 2 N–H and O–H groups in total. The van der Waals surface area contributed by atoms with Crippen LogP contribution in [0.2, 0.25) is 0 Å². The summed E-state index contributed by atoms with van der Waals surface area (Å²) in [6.45, 7) is 9.80. The number of hydrogen-bond donors (Lipinski definition) is 2. The average Bonchev–Trinajstić information content (AvgIpc) is 2.92. The summed E-state index contributed by atoms with van der Waals surface area (Å²) < 4.78 is 1.78. The molecule has 0 bridgehead atoms. The molecule has 2 heterocycles. The lowest BCUT2D eigenvalue weighted by Crippen LogP contribution is -2.20. The summed E-state index contributed by atoms with van der Waals surface area (Å²) in [5.41, 5.74) is 0.922. The second-order valence-corrected chi connectivity index (χ2v) is 5.96. The van der Waals surface area contributed by atoms with Gasteiger partial charge in [-0.1, -0.05) is 26.0 Å². The van der Waals surface area contributed by atoms with Gasteiger partial charge in [-0.15, -0.1) is 5.10 Å². The molecule has 0 saturated heterocycles. The third-order valence-electron chi connectivity index (χ3n) is 3.16. The molecular weight excluding hydrogens is 266 g/mol. The second kappa shape index (κ2) is 6.07. The van der Waals surface area contributed by atoms with Gasteiger partial charge in [0.2, 0.25) is 0 Å². The topological polar surface area (TPSA) is 80.5 Å². The highest BCUT2D eigenvalue weighted by molar-refractivity contribution is 5.57. The Hall–Kier alpha value is -2.18. The van der Waals surface area contributed by atoms with Crippen molar-refractivity contribution in [1.82, 2.24) is 25.0 Å². The van der Waals surface area contributed by atoms with Crippen LogP contribution >= 0.6 is 0 Å². The lowest BCUT2D eigenvalue weighted by atomic mass is 9.95. The molecule has 0 aromatic carbocycles. The van der Waals surface area contributed by atoms with E-state index in [2.05, 4.69) is 51.7 Å². The molecule has 0 aliphatic rings. The van der Waals surface area contributed by atoms with Gasteiger partial charge in [0.05, 0.1) is 12.7 Å². The van der Waals surface area contributed by atoms with E-state index in [0.717, 1.165) is 36.1 Å². The standard InChI is InChI=1S/C14H23N7/c1-10-11(15-5)18-13(14(2,3)4)19-12(10)16-6-8-21-9-7-17-20-21/h7,9H,6,8H2,1-5H3,(H2,15,16,18,19). The van der Waals surface area contributed by atoms with Gasteiger partial charge in [0, 0.05) is 30.8 Å². The van der Waals surface area contributed by atoms with Crippen LogP contribution in [0.3, 0.4) is 0 Å². The summed E-state index contributed by atoms with van der Waals surface area (Å²) in [4.78, 5) is 9.25. The van der Waals surface area contributed by atoms with Crippen molar-refractivity contribution in [2.45, 2.75) is 39.7 Å². The molecule has 0 atom stereocenters. The summed E-state index contributed by atoms with van der Waals surface area (Å²) in [6, 6.07) is 0. The summed E-state index contributed by atoms with van der Waals surface area (Å²) in [7, 11) is 1.88. The molecular formula is C14H23N7. The van der Waals surface area contributed by atoms with E-state index in [1.165, 1.54) is 0 Å². The van der Waals surface area contributed by atoms with Crippen molar-refractivity contribution in [1.29, 1.82) is 0 Å². The minimum Gasteiger partial charge on any atom is -0.373 e. The number of aromatic nitrogens is 5. The van der Waals surface area contributed by atoms with E-state index in [1.54, 1.807) is 10.9 Å². The molecule has 2 aromatic heterocycles. The fraction of sp³-hybridized carbons (Fsp3) is 0.571. The molecule has 2 rings (SSSR count). The SMILES string of the molecule is CNc1nc(C(C)(C)C)nc(NCCn2ccnn2)c1C. The largest absolute Gasteiger partial charge is 0.373 e. The molecule has 2 aromatic rings. The van der Waals surface area contributed by atoms with E-state index in [9.17, 15) is 0 Å². The number of hydrogen-bond acceptors (Lipinski definition) is 6. The number of rotatable bonds is 5. The normalized spacial score (nSPS) is 11.5. The van der Waals surface area contributed by atoms with Crippen molar-refractivity contribution >= 4 is 11.6 Å². The van der Waals surface area contributed by atoms with Gasteiger partial charge in [-0.2, -0.15) is 0 Å². The van der Waals surface area contributed by atoms with Crippen LogP contribution in [-0.4, -0.2) is 38.6 Å². The summed E-state index contributed by atoms with van der Waals surface area (Å²) >= 11 is 0. The van der Waals surface area contributed by atoms with Gasteiger partial charge in [-0.05, 0) is 6.92 Å². The molecule has 7 heteroatoms. The Morgan fingerprint density at radius 3 is 2.48 bits per heavy atom. The van der Waals surface area contributed by atoms with Crippen molar-refractivity contribution in [3.8, 4) is 0 Å². The lowest BCUT2D eigenvalue weighted by molar-refractivity contribution is 0.545. The maximum absolute atomic E-state index is 4.66. The van der Waals surface area contributed by atoms with Crippen LogP contribution in [-0.2, 0) is 12.0 Å². The highest BCUT2D eigenvalue weighted by Crippen LogP contribution is 2.25. The summed E-state index contributed by atoms with van der Waals surface area (Å²) in [6.07, 6.45) is 3.51. The quantitative estimate of drug-likeness (QED) is 0.874. The van der Waals surface area contributed by atoms with Gasteiger partial charge in [0.1, 0.15) is 17.5 Å². The number of nitrogens with zero attached hydrogens (tertiary/aromatic N) is 5. The van der Waals surface area contributed by atoms with Crippen molar-refractivity contribution in [2.24, 2.45) is 0 Å². The Morgan fingerprint density at radius 1 is 1.19 bits per heavy atom. The van der Waals surface area contributed by atoms with Gasteiger partial charge in [0.25, 0.3) is 0 Å². The van der Waals surface area contributed by atoms with Crippen LogP contribution in [0.4, 0.5) is 11.6 Å². The van der Waals surface area contributed by atoms with Crippen molar-refractivity contribution in [3.63, 3.8) is 0 Å². The fourth-order valence-electron chi connectivity index (χ4n) is 1.91. The molecule has 0 unspecified atom stereocenters. The van der Waals surface area contributed by atoms with Gasteiger partial charge in [-0.25, -0.2) is 9.97 Å². The first-order chi connectivity index (χ1) is 9.91. The first-order valence-corrected chi connectivity index (χ1v) is 7.06. The average molecular weight is 289 g/mol. The highest BCUT2D eigenvalue weighted by Gasteiger charge is 2.20. The Bertz CT molecular complexity index is 584. The Kier molecular flexibility index (Phi) is 4.40. The first-order valence-electron chi connectivity index (χ1n) is 7.06. The van der Waals surface area contributed by atoms with Gasteiger partial charge in [0.15, 0.2) is 0 Å². The van der Waals surface area contributed by atoms with E-state index in [0.29, 0.717) is 0 Å². The molecule has 114 valence electrons. The van der Waals surface area contributed by atoms with Crippen LogP contribution in [0.25, 0.3) is 0 Å². The zero-order chi connectivity index (χ0) is 15.5. The third kappa shape index (κ3) is 3.68. The lowest BCUT2D eigenvalue weighted by Gasteiger charge is -2.20. The van der Waals surface area contributed by atoms with Crippen molar-refractivity contribution in [3.05, 3.63) is 23.8 Å². The van der Waals surface area contributed by atoms with Gasteiger partial charge >= 0.3 is 0 Å². The predicted molar refractivity (Wildman–Crippen MR) is 83.5 cm³/mol. The van der Waals surface area contributed by atoms with Gasteiger partial charge in [-0.3, -0.25) is 4.68 Å². The third-order valence-corrected chi connectivity index (χ3v) is 3.16. The van der Waals surface area contributed by atoms with Crippen LogP contribution in [0.15, 0.2) is 12.4 Å². The molecule has 0 radical (unpaired) electrons. The predicted octanol–water partition coefficient (Wildman–Crippen LogP) is 1.83. The van der Waals surface area contributed by atoms with E-state index in [-0.39, 0.29) is 5.41 Å². The molecule has 0 amide bonds. The van der Waals surface area contributed by atoms with Crippen LogP contribution in [0, 0.1) is 6.92 Å². The summed E-state index contributed by atoms with van der Waals surface area (Å²) in [5, 5.41) is 14.2. The smallest absolute Gasteiger partial charge is 0.138 e. The molecule has 0 saturated carbocycles. The Labute approximate surface area is 125 Å². The highest BCUT2D eigenvalue weighted by atomic mass is 15.4. The molecule has 21 heavy (non-hydrogen) atoms. The molecule has 0 aliphatic carbocycles. The fourth-order valence-corrected chi connectivity index (χ4v) is 1.91. The Balaban J connectivity index is 2.17. The zero-order valence-electron chi connectivity index (χ0n) is 13.3. The van der Waals surface area contributed by atoms with Gasteiger partial charge < -0.3 is 10.6 Å². The van der Waals surface area contributed by atoms with Crippen molar-refractivity contribution < 1.29 is 0 Å². The van der Waals surface area contributed by atoms with Crippen LogP contribution in [0.1, 0.15) is 32.2 Å². The Morgan fingerprint density at radius 2 is 1.90 bits per heavy atom. The molecule has 7 nitrogen and oxygen atoms in total. The minimum absolute atomic E-state index is 0.0956. The van der Waals surface area contributed by atoms with E-state index < -0.39 is 0 Å². The minimum atomic E-state index is -0.0956. The molecule has 0 spiro atoms. The molecule has 0 fully saturated rings. The van der Waals surface area contributed by atoms with Crippen LogP contribution in [0.5, 0.6) is 0 Å². The van der Waals surface area contributed by atoms with E-state index >= 15 is 0 Å². The maximum Gasteiger partial charge on any atom is 0.138 e. The zero-order valence-corrected chi connectivity index (χ0v) is 13.3. The number of nitrogens with one attached hydrogen (secondary N) is 2. The van der Waals surface area contributed by atoms with Crippen molar-refractivity contribution in [2.75, 3.05) is 24.2 Å². The second-order valence-electron chi connectivity index (χ2n) is 5.96. The summed E-state index contributed by atoms with van der Waals surface area (Å²) in [5.74, 6) is 2.54. The molecule has 0 aliphatic heterocycles.